The number of aliphatic carboxylic acids is 1. The summed E-state index contributed by atoms with van der Waals surface area (Å²) in [6.07, 6.45) is 5.78. The molecule has 1 N–H and O–H groups in total. The van der Waals surface area contributed by atoms with Crippen molar-refractivity contribution in [3.05, 3.63) is 34.6 Å². The number of carboxylic acids is 1. The Morgan fingerprint density at radius 1 is 1.58 bits per heavy atom. The number of nitrogens with zero attached hydrogens (tertiary/aromatic N) is 1. The first-order chi connectivity index (χ1) is 5.68. The molecule has 0 spiro atoms. The van der Waals surface area contributed by atoms with E-state index >= 15 is 0 Å². The van der Waals surface area contributed by atoms with Crippen LogP contribution in [0.15, 0.2) is 29.0 Å². The summed E-state index contributed by atoms with van der Waals surface area (Å²) in [5.41, 5.74) is 0.756. The summed E-state index contributed by atoms with van der Waals surface area (Å²) in [6, 6.07) is 1.78. The van der Waals surface area contributed by atoms with Gasteiger partial charge in [-0.1, -0.05) is 0 Å². The summed E-state index contributed by atoms with van der Waals surface area (Å²) < 4.78 is 0.829. The van der Waals surface area contributed by atoms with Crippen LogP contribution >= 0.6 is 15.9 Å². The van der Waals surface area contributed by atoms with Crippen LogP contribution in [0, 0.1) is 0 Å². The van der Waals surface area contributed by atoms with Crippen LogP contribution in [-0.2, 0) is 4.79 Å². The molecule has 0 aliphatic carbocycles. The first kappa shape index (κ1) is 8.93. The van der Waals surface area contributed by atoms with E-state index in [9.17, 15) is 4.79 Å². The topological polar surface area (TPSA) is 50.2 Å². The van der Waals surface area contributed by atoms with Gasteiger partial charge in [0.1, 0.15) is 0 Å². The van der Waals surface area contributed by atoms with Gasteiger partial charge in [-0.3, -0.25) is 4.98 Å². The van der Waals surface area contributed by atoms with Crippen molar-refractivity contribution in [1.82, 2.24) is 4.98 Å². The van der Waals surface area contributed by atoms with Gasteiger partial charge in [-0.2, -0.15) is 0 Å². The van der Waals surface area contributed by atoms with Crippen molar-refractivity contribution in [3.63, 3.8) is 0 Å². The molecule has 62 valence electrons. The van der Waals surface area contributed by atoms with Crippen molar-refractivity contribution in [1.29, 1.82) is 0 Å². The van der Waals surface area contributed by atoms with E-state index in [4.69, 9.17) is 5.11 Å². The highest BCUT2D eigenvalue weighted by Gasteiger charge is 1.90. The molecule has 0 aliphatic heterocycles. The van der Waals surface area contributed by atoms with Crippen LogP contribution in [0.4, 0.5) is 0 Å². The predicted octanol–water partition coefficient (Wildman–Crippen LogP) is 1.94. The third-order valence-electron chi connectivity index (χ3n) is 1.14. The molecule has 1 aromatic heterocycles. The predicted molar refractivity (Wildman–Crippen MR) is 48.6 cm³/mol. The fourth-order valence-corrected chi connectivity index (χ4v) is 1.07. The molecular formula is C8H6BrNO2. The third-order valence-corrected chi connectivity index (χ3v) is 1.58. The molecule has 3 nitrogen and oxygen atoms in total. The Bertz CT molecular complexity index is 323. The highest BCUT2D eigenvalue weighted by atomic mass is 79.9. The first-order valence-electron chi connectivity index (χ1n) is 3.20. The fourth-order valence-electron chi connectivity index (χ4n) is 0.687. The van der Waals surface area contributed by atoms with Crippen LogP contribution < -0.4 is 0 Å². The molecule has 4 heteroatoms. The summed E-state index contributed by atoms with van der Waals surface area (Å²) in [5.74, 6) is -0.963. The molecule has 0 radical (unpaired) electrons. The van der Waals surface area contributed by atoms with Gasteiger partial charge in [0.15, 0.2) is 0 Å². The Morgan fingerprint density at radius 2 is 2.33 bits per heavy atom. The highest BCUT2D eigenvalue weighted by Crippen LogP contribution is 2.10. The maximum absolute atomic E-state index is 10.1. The second-order valence-corrected chi connectivity index (χ2v) is 3.02. The molecule has 0 saturated carbocycles. The summed E-state index contributed by atoms with van der Waals surface area (Å²) in [5, 5.41) is 8.33. The maximum atomic E-state index is 10.1. The number of rotatable bonds is 2. The Kier molecular flexibility index (Phi) is 2.99. The first-order valence-corrected chi connectivity index (χ1v) is 3.99. The summed E-state index contributed by atoms with van der Waals surface area (Å²) >= 11 is 3.23. The Labute approximate surface area is 77.9 Å². The van der Waals surface area contributed by atoms with E-state index in [0.29, 0.717) is 0 Å². The monoisotopic (exact) mass is 227 g/mol. The second-order valence-electron chi connectivity index (χ2n) is 2.11. The zero-order valence-electron chi connectivity index (χ0n) is 6.07. The molecule has 0 fully saturated rings. The second kappa shape index (κ2) is 4.01. The zero-order valence-corrected chi connectivity index (χ0v) is 7.65. The number of carboxylic acid groups (broad SMARTS) is 1. The smallest absolute Gasteiger partial charge is 0.328 e. The van der Waals surface area contributed by atoms with Crippen molar-refractivity contribution in [2.45, 2.75) is 0 Å². The molecule has 0 unspecified atom stereocenters. The zero-order chi connectivity index (χ0) is 8.97. The normalized spacial score (nSPS) is 10.4. The lowest BCUT2D eigenvalue weighted by molar-refractivity contribution is -0.131. The maximum Gasteiger partial charge on any atom is 0.328 e. The molecule has 0 aromatic carbocycles. The molecule has 0 saturated heterocycles. The third kappa shape index (κ3) is 2.84. The Balaban J connectivity index is 2.83. The van der Waals surface area contributed by atoms with Gasteiger partial charge in [-0.25, -0.2) is 4.79 Å². The minimum atomic E-state index is -0.963. The number of hydrogen-bond donors (Lipinski definition) is 1. The average Bonchev–Trinajstić information content (AvgIpc) is 2.01. The quantitative estimate of drug-likeness (QED) is 0.787. The molecule has 0 aliphatic rings. The number of aromatic nitrogens is 1. The molecule has 0 bridgehead atoms. The molecule has 1 heterocycles. The van der Waals surface area contributed by atoms with Gasteiger partial charge in [0.05, 0.1) is 0 Å². The summed E-state index contributed by atoms with van der Waals surface area (Å²) in [7, 11) is 0. The molecule has 0 amide bonds. The van der Waals surface area contributed by atoms with Crippen LogP contribution in [0.5, 0.6) is 0 Å². The average molecular weight is 228 g/mol. The Hall–Kier alpha value is -1.16. The van der Waals surface area contributed by atoms with E-state index in [1.807, 2.05) is 0 Å². The lowest BCUT2D eigenvalue weighted by atomic mass is 10.2. The molecular weight excluding hydrogens is 222 g/mol. The summed E-state index contributed by atoms with van der Waals surface area (Å²) in [6.45, 7) is 0. The van der Waals surface area contributed by atoms with Crippen LogP contribution in [0.3, 0.4) is 0 Å². The molecule has 1 rings (SSSR count). The van der Waals surface area contributed by atoms with Crippen LogP contribution in [0.2, 0.25) is 0 Å². The van der Waals surface area contributed by atoms with Gasteiger partial charge in [0.25, 0.3) is 0 Å². The number of carbonyl (C=O) groups is 1. The van der Waals surface area contributed by atoms with Gasteiger partial charge >= 0.3 is 5.97 Å². The van der Waals surface area contributed by atoms with Gasteiger partial charge < -0.3 is 5.11 Å². The molecule has 12 heavy (non-hydrogen) atoms. The van der Waals surface area contributed by atoms with Crippen molar-refractivity contribution in [3.8, 4) is 0 Å². The van der Waals surface area contributed by atoms with Gasteiger partial charge in [-0.05, 0) is 33.6 Å². The lowest BCUT2D eigenvalue weighted by Gasteiger charge is -1.91. The molecule has 0 atom stereocenters. The Morgan fingerprint density at radius 3 is 2.92 bits per heavy atom. The van der Waals surface area contributed by atoms with Crippen molar-refractivity contribution in [2.75, 3.05) is 0 Å². The van der Waals surface area contributed by atoms with Gasteiger partial charge in [0, 0.05) is 22.9 Å². The van der Waals surface area contributed by atoms with Crippen molar-refractivity contribution >= 4 is 28.0 Å². The van der Waals surface area contributed by atoms with Gasteiger partial charge in [-0.15, -0.1) is 0 Å². The van der Waals surface area contributed by atoms with E-state index in [1.165, 1.54) is 6.08 Å². The highest BCUT2D eigenvalue weighted by molar-refractivity contribution is 9.10. The largest absolute Gasteiger partial charge is 0.478 e. The van der Waals surface area contributed by atoms with Crippen molar-refractivity contribution in [2.24, 2.45) is 0 Å². The SMILES string of the molecule is O=C(O)C=Cc1cncc(Br)c1. The summed E-state index contributed by atoms with van der Waals surface area (Å²) in [4.78, 5) is 14.0. The van der Waals surface area contributed by atoms with Crippen LogP contribution in [0.25, 0.3) is 6.08 Å². The fraction of sp³-hybridized carbons (Fsp3) is 0. The van der Waals surface area contributed by atoms with E-state index in [1.54, 1.807) is 18.5 Å². The standard InChI is InChI=1S/C8H6BrNO2/c9-7-3-6(4-10-5-7)1-2-8(11)12/h1-5H,(H,11,12). The van der Waals surface area contributed by atoms with E-state index in [-0.39, 0.29) is 0 Å². The van der Waals surface area contributed by atoms with Crippen molar-refractivity contribution < 1.29 is 9.90 Å². The minimum Gasteiger partial charge on any atom is -0.478 e. The van der Waals surface area contributed by atoms with Crippen LogP contribution in [0.1, 0.15) is 5.56 Å². The number of halogens is 1. The molecule has 1 aromatic rings. The minimum absolute atomic E-state index is 0.756. The number of pyridine rings is 1. The number of hydrogen-bond acceptors (Lipinski definition) is 2. The van der Waals surface area contributed by atoms with Gasteiger partial charge in [0.2, 0.25) is 0 Å². The van der Waals surface area contributed by atoms with E-state index in [0.717, 1.165) is 16.1 Å². The van der Waals surface area contributed by atoms with Crippen LogP contribution in [-0.4, -0.2) is 16.1 Å². The van der Waals surface area contributed by atoms with E-state index in [2.05, 4.69) is 20.9 Å². The lowest BCUT2D eigenvalue weighted by Crippen LogP contribution is -1.85. The van der Waals surface area contributed by atoms with E-state index < -0.39 is 5.97 Å².